The van der Waals surface area contributed by atoms with Crippen LogP contribution in [0.4, 0.5) is 0 Å². The first-order valence-corrected chi connectivity index (χ1v) is 2.67. The maximum Gasteiger partial charge on any atom is 1.00 e. The quantitative estimate of drug-likeness (QED) is 0.286. The molecule has 0 unspecified atom stereocenters. The Kier molecular flexibility index (Phi) is 11.7. The van der Waals surface area contributed by atoms with E-state index in [9.17, 15) is 0 Å². The number of hydrogen-bond donors (Lipinski definition) is 0. The Morgan fingerprint density at radius 2 is 0.400 bits per heavy atom. The van der Waals surface area contributed by atoms with Crippen LogP contribution in [-0.2, 0) is 0 Å². The molecule has 0 amide bonds. The molecule has 10 heavy (non-hydrogen) atoms. The normalized spacial score (nSPS) is 25.6. The molecule has 0 spiro atoms. The maximum absolute atomic E-state index is 2.00. The first-order chi connectivity index (χ1) is 4.00. The molecule has 0 fully saturated rings. The molecule has 1 aliphatic rings. The fraction of sp³-hybridized carbons (Fsp3) is 0. The summed E-state index contributed by atoms with van der Waals surface area (Å²) in [5, 5.41) is 0. The largest absolute Gasteiger partial charge is 1.00 e. The van der Waals surface area contributed by atoms with Gasteiger partial charge in [0.25, 0.3) is 0 Å². The summed E-state index contributed by atoms with van der Waals surface area (Å²) in [7, 11) is 0. The van der Waals surface area contributed by atoms with Gasteiger partial charge in [-0.1, -0.05) is 48.6 Å². The van der Waals surface area contributed by atoms with Crippen molar-refractivity contribution >= 4 is 0 Å². The predicted octanol–water partition coefficient (Wildman–Crippen LogP) is -3.77. The molecule has 1 aliphatic carbocycles. The smallest absolute Gasteiger partial charge is 0.0623 e. The summed E-state index contributed by atoms with van der Waals surface area (Å²) in [4.78, 5) is 0. The topological polar surface area (TPSA) is 0 Å². The molecule has 0 atom stereocenters. The average molecular weight is 118 g/mol. The van der Waals surface area contributed by atoms with E-state index in [-0.39, 0.29) is 37.7 Å². The molecule has 0 aromatic heterocycles. The average Bonchev–Trinajstić information content (AvgIpc) is 1.62. The van der Waals surface area contributed by atoms with Gasteiger partial charge in [-0.05, 0) is 0 Å². The van der Waals surface area contributed by atoms with E-state index in [1.165, 1.54) is 0 Å². The molecule has 0 bridgehead atoms. The van der Waals surface area contributed by atoms with Crippen LogP contribution in [0.25, 0.3) is 0 Å². The SMILES string of the molecule is C1=C\C=C/C=C\C=C/1.[Li+].[Li+]. The molecule has 0 aliphatic heterocycles. The molecule has 0 N–H and O–H groups in total. The van der Waals surface area contributed by atoms with Crippen molar-refractivity contribution in [2.45, 2.75) is 0 Å². The van der Waals surface area contributed by atoms with E-state index in [1.807, 2.05) is 48.6 Å². The van der Waals surface area contributed by atoms with Crippen molar-refractivity contribution in [3.8, 4) is 0 Å². The third-order valence-electron chi connectivity index (χ3n) is 0.889. The molecule has 0 nitrogen and oxygen atoms in total. The Balaban J connectivity index is 0. The Labute approximate surface area is 86.1 Å². The third kappa shape index (κ3) is 6.28. The Bertz CT molecular complexity index is 108. The summed E-state index contributed by atoms with van der Waals surface area (Å²) in [5.41, 5.74) is 0. The van der Waals surface area contributed by atoms with E-state index in [4.69, 9.17) is 0 Å². The van der Waals surface area contributed by atoms with Gasteiger partial charge in [0, 0.05) is 0 Å². The Morgan fingerprint density at radius 3 is 0.500 bits per heavy atom. The van der Waals surface area contributed by atoms with Gasteiger partial charge in [-0.15, -0.1) is 0 Å². The fourth-order valence-electron chi connectivity index (χ4n) is 0.513. The Hall–Kier alpha value is 0.155. The van der Waals surface area contributed by atoms with Crippen molar-refractivity contribution in [1.29, 1.82) is 0 Å². The van der Waals surface area contributed by atoms with E-state index in [0.29, 0.717) is 0 Å². The summed E-state index contributed by atoms with van der Waals surface area (Å²) in [6.45, 7) is 0. The molecular weight excluding hydrogens is 110 g/mol. The number of rotatable bonds is 0. The molecule has 1 rings (SSSR count). The van der Waals surface area contributed by atoms with Gasteiger partial charge in [0.05, 0.1) is 0 Å². The van der Waals surface area contributed by atoms with Gasteiger partial charge in [0.2, 0.25) is 0 Å². The summed E-state index contributed by atoms with van der Waals surface area (Å²) >= 11 is 0. The van der Waals surface area contributed by atoms with Gasteiger partial charge in [0.1, 0.15) is 0 Å². The van der Waals surface area contributed by atoms with Crippen LogP contribution < -0.4 is 37.7 Å². The maximum atomic E-state index is 2.00. The van der Waals surface area contributed by atoms with Crippen LogP contribution in [0, 0.1) is 0 Å². The van der Waals surface area contributed by atoms with Gasteiger partial charge in [-0.25, -0.2) is 0 Å². The molecule has 0 aromatic rings. The van der Waals surface area contributed by atoms with E-state index < -0.39 is 0 Å². The molecule has 0 saturated heterocycles. The fourth-order valence-corrected chi connectivity index (χ4v) is 0.513. The molecule has 2 heteroatoms. The van der Waals surface area contributed by atoms with Crippen molar-refractivity contribution in [2.75, 3.05) is 0 Å². The summed E-state index contributed by atoms with van der Waals surface area (Å²) in [6, 6.07) is 0. The van der Waals surface area contributed by atoms with Gasteiger partial charge >= 0.3 is 37.7 Å². The predicted molar refractivity (Wildman–Crippen MR) is 36.6 cm³/mol. The van der Waals surface area contributed by atoms with Gasteiger partial charge < -0.3 is 0 Å². The van der Waals surface area contributed by atoms with E-state index >= 15 is 0 Å². The second kappa shape index (κ2) is 9.15. The van der Waals surface area contributed by atoms with Crippen LogP contribution in [0.3, 0.4) is 0 Å². The van der Waals surface area contributed by atoms with E-state index in [0.717, 1.165) is 0 Å². The van der Waals surface area contributed by atoms with Crippen molar-refractivity contribution in [3.63, 3.8) is 0 Å². The zero-order valence-electron chi connectivity index (χ0n) is 6.62. The van der Waals surface area contributed by atoms with Crippen LogP contribution in [0.5, 0.6) is 0 Å². The van der Waals surface area contributed by atoms with E-state index in [2.05, 4.69) is 0 Å². The van der Waals surface area contributed by atoms with Crippen LogP contribution in [0.2, 0.25) is 0 Å². The third-order valence-corrected chi connectivity index (χ3v) is 0.889. The van der Waals surface area contributed by atoms with Crippen molar-refractivity contribution in [1.82, 2.24) is 0 Å². The first-order valence-electron chi connectivity index (χ1n) is 2.67. The zero-order chi connectivity index (χ0) is 5.66. The second-order valence-corrected chi connectivity index (χ2v) is 1.54. The number of allylic oxidation sites excluding steroid dienone is 8. The summed E-state index contributed by atoms with van der Waals surface area (Å²) in [5.74, 6) is 0. The van der Waals surface area contributed by atoms with Crippen LogP contribution >= 0.6 is 0 Å². The van der Waals surface area contributed by atoms with Crippen LogP contribution in [-0.4, -0.2) is 0 Å². The molecule has 0 radical (unpaired) electrons. The minimum atomic E-state index is 0. The monoisotopic (exact) mass is 118 g/mol. The molecule has 0 aromatic carbocycles. The van der Waals surface area contributed by atoms with Crippen molar-refractivity contribution in [2.24, 2.45) is 0 Å². The molecular formula is C8H8Li2+2. The standard InChI is InChI=1S/C8H8.2Li/c1-2-4-6-8-7-5-3-1;;/h1-8H;;/q;2*+1/b2-1-,3-1?,4-2?,5-3-,6-4-,7-5?,8-6?,8-7-;;. The minimum Gasteiger partial charge on any atom is -0.0623 e. The summed E-state index contributed by atoms with van der Waals surface area (Å²) in [6.07, 6.45) is 16.0. The van der Waals surface area contributed by atoms with Crippen LogP contribution in [0.15, 0.2) is 48.6 Å². The van der Waals surface area contributed by atoms with Gasteiger partial charge in [0.15, 0.2) is 0 Å². The van der Waals surface area contributed by atoms with E-state index in [1.54, 1.807) is 0 Å². The zero-order valence-corrected chi connectivity index (χ0v) is 6.62. The van der Waals surface area contributed by atoms with Gasteiger partial charge in [-0.2, -0.15) is 0 Å². The minimum absolute atomic E-state index is 0. The van der Waals surface area contributed by atoms with Crippen LogP contribution in [0.1, 0.15) is 0 Å². The van der Waals surface area contributed by atoms with Crippen molar-refractivity contribution < 1.29 is 37.7 Å². The molecule has 40 valence electrons. The number of hydrogen-bond acceptors (Lipinski definition) is 0. The molecule has 0 saturated carbocycles. The second-order valence-electron chi connectivity index (χ2n) is 1.54. The molecule has 0 heterocycles. The van der Waals surface area contributed by atoms with Gasteiger partial charge in [-0.3, -0.25) is 0 Å². The first kappa shape index (κ1) is 12.8. The Morgan fingerprint density at radius 1 is 0.300 bits per heavy atom. The summed E-state index contributed by atoms with van der Waals surface area (Å²) < 4.78 is 0. The van der Waals surface area contributed by atoms with Crippen molar-refractivity contribution in [3.05, 3.63) is 48.6 Å².